The van der Waals surface area contributed by atoms with E-state index in [4.69, 9.17) is 19.5 Å². The predicted octanol–water partition coefficient (Wildman–Crippen LogP) is 3.33. The lowest BCUT2D eigenvalue weighted by Crippen LogP contribution is -2.62. The van der Waals surface area contributed by atoms with Crippen molar-refractivity contribution in [1.29, 1.82) is 5.26 Å². The van der Waals surface area contributed by atoms with Crippen LogP contribution in [0, 0.1) is 29.1 Å². The van der Waals surface area contributed by atoms with E-state index in [1.165, 1.54) is 19.3 Å². The van der Waals surface area contributed by atoms with Crippen molar-refractivity contribution in [1.82, 2.24) is 4.90 Å². The molecular weight excluding hydrogens is 396 g/mol. The zero-order valence-electron chi connectivity index (χ0n) is 17.7. The monoisotopic (exact) mass is 424 g/mol. The number of carbonyl (C=O) groups excluding carboxylic acids is 2. The Morgan fingerprint density at radius 2 is 1.71 bits per heavy atom. The summed E-state index contributed by atoms with van der Waals surface area (Å²) >= 11 is 0. The molecule has 4 bridgehead atoms. The fraction of sp³-hybridized carbons (Fsp3) is 0.625. The molecule has 0 saturated heterocycles. The Morgan fingerprint density at radius 1 is 1.06 bits per heavy atom. The van der Waals surface area contributed by atoms with Crippen molar-refractivity contribution in [3.05, 3.63) is 23.8 Å². The number of carbonyl (C=O) groups is 2. The van der Waals surface area contributed by atoms with E-state index in [0.29, 0.717) is 61.0 Å². The van der Waals surface area contributed by atoms with Gasteiger partial charge in [-0.1, -0.05) is 0 Å². The Hall–Kier alpha value is -2.75. The van der Waals surface area contributed by atoms with Crippen molar-refractivity contribution >= 4 is 11.9 Å². The molecule has 4 saturated carbocycles. The van der Waals surface area contributed by atoms with Crippen molar-refractivity contribution in [2.75, 3.05) is 26.4 Å². The van der Waals surface area contributed by atoms with E-state index >= 15 is 0 Å². The minimum atomic E-state index is -0.559. The fourth-order valence-electron chi connectivity index (χ4n) is 6.64. The van der Waals surface area contributed by atoms with Crippen LogP contribution < -0.4 is 9.47 Å². The third-order valence-electron chi connectivity index (χ3n) is 7.43. The molecule has 0 unspecified atom stereocenters. The Labute approximate surface area is 182 Å². The zero-order valence-corrected chi connectivity index (χ0v) is 17.7. The van der Waals surface area contributed by atoms with Crippen LogP contribution in [-0.4, -0.2) is 48.7 Å². The minimum absolute atomic E-state index is 0.161. The molecular formula is C24H28N2O5. The van der Waals surface area contributed by atoms with Crippen molar-refractivity contribution in [3.63, 3.8) is 0 Å². The molecule has 1 aromatic carbocycles. The molecule has 5 aliphatic rings. The van der Waals surface area contributed by atoms with Crippen LogP contribution in [0.4, 0.5) is 0 Å². The van der Waals surface area contributed by atoms with E-state index in [1.54, 1.807) is 18.2 Å². The normalized spacial score (nSPS) is 29.8. The molecule has 31 heavy (non-hydrogen) atoms. The first-order valence-corrected chi connectivity index (χ1v) is 11.3. The predicted molar refractivity (Wildman–Crippen MR) is 111 cm³/mol. The van der Waals surface area contributed by atoms with Gasteiger partial charge >= 0.3 is 5.97 Å². The highest BCUT2D eigenvalue weighted by atomic mass is 16.6. The Balaban J connectivity index is 1.27. The number of fused-ring (bicyclic) bond motifs is 1. The first kappa shape index (κ1) is 20.2. The molecule has 4 fully saturated rings. The summed E-state index contributed by atoms with van der Waals surface area (Å²) in [6.07, 6.45) is 7.18. The van der Waals surface area contributed by atoms with Gasteiger partial charge in [-0.15, -0.1) is 0 Å². The van der Waals surface area contributed by atoms with Gasteiger partial charge in [0.2, 0.25) is 0 Å². The van der Waals surface area contributed by atoms with E-state index in [1.807, 2.05) is 4.90 Å². The maximum atomic E-state index is 13.2. The van der Waals surface area contributed by atoms with Crippen LogP contribution in [0.3, 0.4) is 0 Å². The van der Waals surface area contributed by atoms with Gasteiger partial charge in [0, 0.05) is 12.1 Å². The Bertz CT molecular complexity index is 886. The molecule has 7 heteroatoms. The first-order chi connectivity index (χ1) is 15.1. The van der Waals surface area contributed by atoms with Gasteiger partial charge in [-0.3, -0.25) is 4.79 Å². The third-order valence-corrected chi connectivity index (χ3v) is 7.43. The summed E-state index contributed by atoms with van der Waals surface area (Å²) < 4.78 is 16.4. The topological polar surface area (TPSA) is 88.9 Å². The SMILES string of the molecule is N#CCCN(C(=O)COC(=O)c1ccc2c(c1)OCCO2)C12CC3CC(CC(C3)C1)C2. The van der Waals surface area contributed by atoms with E-state index in [2.05, 4.69) is 6.07 Å². The van der Waals surface area contributed by atoms with Crippen LogP contribution in [0.2, 0.25) is 0 Å². The molecule has 0 radical (unpaired) electrons. The third kappa shape index (κ3) is 3.84. The number of amides is 1. The lowest BCUT2D eigenvalue weighted by atomic mass is 9.52. The number of rotatable bonds is 6. The van der Waals surface area contributed by atoms with Gasteiger partial charge in [0.25, 0.3) is 5.91 Å². The largest absolute Gasteiger partial charge is 0.486 e. The van der Waals surface area contributed by atoms with Crippen LogP contribution in [0.25, 0.3) is 0 Å². The summed E-state index contributed by atoms with van der Waals surface area (Å²) in [6.45, 7) is 1.01. The average molecular weight is 424 g/mol. The lowest BCUT2D eigenvalue weighted by Gasteiger charge is -2.60. The number of hydrogen-bond donors (Lipinski definition) is 0. The van der Waals surface area contributed by atoms with E-state index < -0.39 is 5.97 Å². The van der Waals surface area contributed by atoms with Crippen molar-refractivity contribution < 1.29 is 23.8 Å². The molecule has 0 N–H and O–H groups in total. The molecule has 0 spiro atoms. The number of esters is 1. The van der Waals surface area contributed by atoms with Gasteiger partial charge < -0.3 is 19.1 Å². The summed E-state index contributed by atoms with van der Waals surface area (Å²) in [5, 5.41) is 9.15. The van der Waals surface area contributed by atoms with Gasteiger partial charge in [0.1, 0.15) is 13.2 Å². The maximum Gasteiger partial charge on any atom is 0.338 e. The van der Waals surface area contributed by atoms with Crippen molar-refractivity contribution in [3.8, 4) is 17.6 Å². The summed E-state index contributed by atoms with van der Waals surface area (Å²) in [5.41, 5.74) is 0.168. The standard InChI is InChI=1S/C24H28N2O5/c25-4-1-5-26(24-12-16-8-17(13-24)10-18(9-16)14-24)22(27)15-31-23(28)19-2-3-20-21(11-19)30-7-6-29-20/h2-3,11,16-18H,1,5-10,12-15H2. The summed E-state index contributed by atoms with van der Waals surface area (Å²) in [4.78, 5) is 27.7. The molecule has 164 valence electrons. The Kier molecular flexibility index (Phi) is 5.25. The van der Waals surface area contributed by atoms with E-state index in [0.717, 1.165) is 19.3 Å². The highest BCUT2D eigenvalue weighted by Gasteiger charge is 2.54. The van der Waals surface area contributed by atoms with E-state index in [9.17, 15) is 9.59 Å². The number of ether oxygens (including phenoxy) is 3. The second-order valence-electron chi connectivity index (χ2n) is 9.53. The molecule has 1 heterocycles. The smallest absolute Gasteiger partial charge is 0.338 e. The minimum Gasteiger partial charge on any atom is -0.486 e. The molecule has 1 aromatic rings. The highest BCUT2D eigenvalue weighted by Crippen LogP contribution is 2.57. The molecule has 1 aliphatic heterocycles. The highest BCUT2D eigenvalue weighted by molar-refractivity contribution is 5.92. The molecule has 0 atom stereocenters. The van der Waals surface area contributed by atoms with Crippen LogP contribution in [-0.2, 0) is 9.53 Å². The number of nitrogens with zero attached hydrogens (tertiary/aromatic N) is 2. The maximum absolute atomic E-state index is 13.2. The summed E-state index contributed by atoms with van der Waals surface area (Å²) in [7, 11) is 0. The van der Waals surface area contributed by atoms with Gasteiger partial charge in [0.05, 0.1) is 18.1 Å². The zero-order chi connectivity index (χ0) is 21.4. The van der Waals surface area contributed by atoms with Crippen LogP contribution in [0.15, 0.2) is 18.2 Å². The number of hydrogen-bond acceptors (Lipinski definition) is 6. The van der Waals surface area contributed by atoms with Crippen LogP contribution >= 0.6 is 0 Å². The van der Waals surface area contributed by atoms with Crippen molar-refractivity contribution in [2.45, 2.75) is 50.5 Å². The first-order valence-electron chi connectivity index (χ1n) is 11.3. The van der Waals surface area contributed by atoms with Gasteiger partial charge in [-0.05, 0) is 74.5 Å². The second kappa shape index (κ2) is 8.07. The van der Waals surface area contributed by atoms with Crippen LogP contribution in [0.1, 0.15) is 55.3 Å². The van der Waals surface area contributed by atoms with Gasteiger partial charge in [-0.2, -0.15) is 5.26 Å². The Morgan fingerprint density at radius 3 is 2.35 bits per heavy atom. The van der Waals surface area contributed by atoms with Crippen molar-refractivity contribution in [2.24, 2.45) is 17.8 Å². The fourth-order valence-corrected chi connectivity index (χ4v) is 6.64. The van der Waals surface area contributed by atoms with E-state index in [-0.39, 0.29) is 18.1 Å². The summed E-state index contributed by atoms with van der Waals surface area (Å²) in [5.74, 6) is 2.41. The van der Waals surface area contributed by atoms with Gasteiger partial charge in [-0.25, -0.2) is 4.79 Å². The number of nitriles is 1. The molecule has 6 rings (SSSR count). The second-order valence-corrected chi connectivity index (χ2v) is 9.53. The summed E-state index contributed by atoms with van der Waals surface area (Å²) in [6, 6.07) is 7.07. The number of benzene rings is 1. The molecule has 7 nitrogen and oxygen atoms in total. The van der Waals surface area contributed by atoms with Gasteiger partial charge in [0.15, 0.2) is 18.1 Å². The molecule has 4 aliphatic carbocycles. The quantitative estimate of drug-likeness (QED) is 0.651. The molecule has 0 aromatic heterocycles. The average Bonchev–Trinajstić information content (AvgIpc) is 2.76. The lowest BCUT2D eigenvalue weighted by molar-refractivity contribution is -0.153. The van der Waals surface area contributed by atoms with Crippen LogP contribution in [0.5, 0.6) is 11.5 Å². The molecule has 1 amide bonds.